The highest BCUT2D eigenvalue weighted by atomic mass is 16.3. The van der Waals surface area contributed by atoms with Crippen molar-refractivity contribution in [1.29, 1.82) is 0 Å². The predicted octanol–water partition coefficient (Wildman–Crippen LogP) is 3.65. The molecule has 0 spiro atoms. The Kier molecular flexibility index (Phi) is 5.33. The lowest BCUT2D eigenvalue weighted by Gasteiger charge is -2.18. The van der Waals surface area contributed by atoms with Crippen molar-refractivity contribution in [2.75, 3.05) is 6.54 Å². The molecule has 148 valence electrons. The summed E-state index contributed by atoms with van der Waals surface area (Å²) in [6, 6.07) is 10.7. The van der Waals surface area contributed by atoms with Crippen molar-refractivity contribution in [2.24, 2.45) is 0 Å². The Morgan fingerprint density at radius 1 is 1.11 bits per heavy atom. The molecule has 0 aliphatic carbocycles. The lowest BCUT2D eigenvalue weighted by Crippen LogP contribution is -2.22. The smallest absolute Gasteiger partial charge is 0.0950 e. The van der Waals surface area contributed by atoms with Gasteiger partial charge in [0.15, 0.2) is 0 Å². The summed E-state index contributed by atoms with van der Waals surface area (Å²) in [4.78, 5) is 2.43. The van der Waals surface area contributed by atoms with Crippen LogP contribution < -0.4 is 0 Å². The molecule has 0 saturated carbocycles. The van der Waals surface area contributed by atoms with Gasteiger partial charge in [0, 0.05) is 37.9 Å². The Hall–Kier alpha value is -2.44. The fourth-order valence-corrected chi connectivity index (χ4v) is 3.74. The molecule has 1 atom stereocenters. The SMILES string of the molecule is CC(C)c1ccc(-n2cc(CN3CCCn4nc(C(C)O)cc4C3)cn2)cc1. The maximum atomic E-state index is 9.80. The molecule has 28 heavy (non-hydrogen) atoms. The number of aliphatic hydroxyl groups is 1. The molecule has 0 radical (unpaired) electrons. The molecule has 0 bridgehead atoms. The molecule has 0 amide bonds. The Bertz CT molecular complexity index is 923. The number of fused-ring (bicyclic) bond motifs is 1. The van der Waals surface area contributed by atoms with Crippen molar-refractivity contribution in [3.05, 3.63) is 65.2 Å². The first-order valence-corrected chi connectivity index (χ1v) is 10.1. The summed E-state index contributed by atoms with van der Waals surface area (Å²) in [5, 5.41) is 18.9. The summed E-state index contributed by atoms with van der Waals surface area (Å²) in [6.07, 6.45) is 4.61. The minimum atomic E-state index is -0.520. The van der Waals surface area contributed by atoms with E-state index in [1.807, 2.05) is 21.6 Å². The Labute approximate surface area is 166 Å². The number of aliphatic hydroxyl groups excluding tert-OH is 1. The number of rotatable bonds is 5. The molecular formula is C22H29N5O. The summed E-state index contributed by atoms with van der Waals surface area (Å²) in [5.41, 5.74) is 5.57. The third-order valence-corrected chi connectivity index (χ3v) is 5.41. The second-order valence-corrected chi connectivity index (χ2v) is 8.06. The van der Waals surface area contributed by atoms with Gasteiger partial charge in [-0.15, -0.1) is 0 Å². The van der Waals surface area contributed by atoms with E-state index >= 15 is 0 Å². The molecule has 0 saturated heterocycles. The van der Waals surface area contributed by atoms with Crippen LogP contribution >= 0.6 is 0 Å². The second kappa shape index (κ2) is 7.89. The van der Waals surface area contributed by atoms with Gasteiger partial charge >= 0.3 is 0 Å². The number of hydrogen-bond acceptors (Lipinski definition) is 4. The first-order valence-electron chi connectivity index (χ1n) is 10.1. The quantitative estimate of drug-likeness (QED) is 0.735. The maximum absolute atomic E-state index is 9.80. The van der Waals surface area contributed by atoms with Gasteiger partial charge in [-0.25, -0.2) is 4.68 Å². The fourth-order valence-electron chi connectivity index (χ4n) is 3.74. The molecule has 1 aliphatic heterocycles. The fraction of sp³-hybridized carbons (Fsp3) is 0.455. The van der Waals surface area contributed by atoms with Crippen LogP contribution in [0.1, 0.15) is 61.7 Å². The van der Waals surface area contributed by atoms with Gasteiger partial charge < -0.3 is 5.11 Å². The summed E-state index contributed by atoms with van der Waals surface area (Å²) < 4.78 is 3.99. The van der Waals surface area contributed by atoms with E-state index in [4.69, 9.17) is 0 Å². The van der Waals surface area contributed by atoms with Crippen molar-refractivity contribution in [2.45, 2.75) is 58.8 Å². The molecule has 2 aromatic heterocycles. The molecule has 3 aromatic rings. The second-order valence-electron chi connectivity index (χ2n) is 8.06. The molecule has 1 aromatic carbocycles. The van der Waals surface area contributed by atoms with E-state index < -0.39 is 6.10 Å². The zero-order chi connectivity index (χ0) is 19.7. The number of hydrogen-bond donors (Lipinski definition) is 1. The van der Waals surface area contributed by atoms with Crippen molar-refractivity contribution < 1.29 is 5.11 Å². The van der Waals surface area contributed by atoms with Gasteiger partial charge in [0.1, 0.15) is 0 Å². The van der Waals surface area contributed by atoms with E-state index in [1.54, 1.807) is 6.92 Å². The van der Waals surface area contributed by atoms with Gasteiger partial charge in [0.2, 0.25) is 0 Å². The van der Waals surface area contributed by atoms with Gasteiger partial charge in [-0.3, -0.25) is 9.58 Å². The molecular weight excluding hydrogens is 350 g/mol. The van der Waals surface area contributed by atoms with Gasteiger partial charge in [-0.2, -0.15) is 10.2 Å². The van der Waals surface area contributed by atoms with E-state index in [1.165, 1.54) is 16.8 Å². The van der Waals surface area contributed by atoms with Gasteiger partial charge in [-0.05, 0) is 43.0 Å². The van der Waals surface area contributed by atoms with E-state index in [2.05, 4.69) is 59.4 Å². The number of nitrogens with zero attached hydrogens (tertiary/aromatic N) is 5. The van der Waals surface area contributed by atoms with E-state index in [0.717, 1.165) is 44.0 Å². The topological polar surface area (TPSA) is 59.1 Å². The summed E-state index contributed by atoms with van der Waals surface area (Å²) in [7, 11) is 0. The third kappa shape index (κ3) is 4.03. The van der Waals surface area contributed by atoms with Crippen LogP contribution in [0.15, 0.2) is 42.7 Å². The van der Waals surface area contributed by atoms with Crippen LogP contribution in [0.25, 0.3) is 5.69 Å². The number of aromatic nitrogens is 4. The van der Waals surface area contributed by atoms with Gasteiger partial charge in [0.25, 0.3) is 0 Å². The summed E-state index contributed by atoms with van der Waals surface area (Å²) in [6.45, 7) is 9.81. The van der Waals surface area contributed by atoms with Crippen LogP contribution in [0.5, 0.6) is 0 Å². The van der Waals surface area contributed by atoms with Crippen molar-refractivity contribution in [3.63, 3.8) is 0 Å². The van der Waals surface area contributed by atoms with Crippen LogP contribution in [0.4, 0.5) is 0 Å². The number of benzene rings is 1. The number of aryl methyl sites for hydroxylation is 1. The van der Waals surface area contributed by atoms with Crippen LogP contribution in [0.2, 0.25) is 0 Å². The van der Waals surface area contributed by atoms with Crippen LogP contribution in [-0.4, -0.2) is 36.1 Å². The molecule has 1 unspecified atom stereocenters. The zero-order valence-electron chi connectivity index (χ0n) is 16.9. The molecule has 6 nitrogen and oxygen atoms in total. The highest BCUT2D eigenvalue weighted by molar-refractivity contribution is 5.35. The summed E-state index contributed by atoms with van der Waals surface area (Å²) >= 11 is 0. The predicted molar refractivity (Wildman–Crippen MR) is 109 cm³/mol. The lowest BCUT2D eigenvalue weighted by atomic mass is 10.0. The molecule has 6 heteroatoms. The van der Waals surface area contributed by atoms with Gasteiger partial charge in [-0.1, -0.05) is 26.0 Å². The Morgan fingerprint density at radius 3 is 2.61 bits per heavy atom. The maximum Gasteiger partial charge on any atom is 0.0950 e. The Balaban J connectivity index is 1.46. The van der Waals surface area contributed by atoms with Crippen LogP contribution in [0.3, 0.4) is 0 Å². The molecule has 1 N–H and O–H groups in total. The standard InChI is InChI=1S/C22H29N5O/c1-16(2)19-5-7-20(8-6-19)27-14-18(12-23-27)13-25-9-4-10-26-21(15-25)11-22(24-26)17(3)28/h5-8,11-12,14,16-17,28H,4,9-10,13,15H2,1-3H3. The molecule has 1 aliphatic rings. The monoisotopic (exact) mass is 379 g/mol. The third-order valence-electron chi connectivity index (χ3n) is 5.41. The highest BCUT2D eigenvalue weighted by Gasteiger charge is 2.18. The first kappa shape index (κ1) is 18.9. The average molecular weight is 380 g/mol. The zero-order valence-corrected chi connectivity index (χ0v) is 16.9. The van der Waals surface area contributed by atoms with E-state index in [9.17, 15) is 5.11 Å². The van der Waals surface area contributed by atoms with Crippen LogP contribution in [0, 0.1) is 0 Å². The lowest BCUT2D eigenvalue weighted by molar-refractivity contribution is 0.193. The highest BCUT2D eigenvalue weighted by Crippen LogP contribution is 2.20. The molecule has 0 fully saturated rings. The summed E-state index contributed by atoms with van der Waals surface area (Å²) in [5.74, 6) is 0.535. The van der Waals surface area contributed by atoms with Crippen LogP contribution in [-0.2, 0) is 19.6 Å². The van der Waals surface area contributed by atoms with Gasteiger partial charge in [0.05, 0.1) is 29.4 Å². The minimum Gasteiger partial charge on any atom is -0.387 e. The molecule has 3 heterocycles. The minimum absolute atomic E-state index is 0.520. The average Bonchev–Trinajstić information content (AvgIpc) is 3.25. The van der Waals surface area contributed by atoms with Crippen molar-refractivity contribution in [3.8, 4) is 5.69 Å². The first-order chi connectivity index (χ1) is 13.5. The molecule has 4 rings (SSSR count). The van der Waals surface area contributed by atoms with E-state index in [-0.39, 0.29) is 0 Å². The van der Waals surface area contributed by atoms with Crippen molar-refractivity contribution >= 4 is 0 Å². The van der Waals surface area contributed by atoms with E-state index in [0.29, 0.717) is 5.92 Å². The normalized spacial score (nSPS) is 16.2. The van der Waals surface area contributed by atoms with Crippen molar-refractivity contribution in [1.82, 2.24) is 24.5 Å². The largest absolute Gasteiger partial charge is 0.387 e. The Morgan fingerprint density at radius 2 is 1.89 bits per heavy atom.